The molecule has 1 aromatic carbocycles. The number of allylic oxidation sites excluding steroid dienone is 3. The van der Waals surface area contributed by atoms with E-state index < -0.39 is 0 Å². The molecule has 1 aromatic rings. The summed E-state index contributed by atoms with van der Waals surface area (Å²) in [5.41, 5.74) is 4.02. The maximum absolute atomic E-state index is 11.6. The minimum absolute atomic E-state index is 0.0467. The molecule has 2 aliphatic rings. The van der Waals surface area contributed by atoms with Crippen molar-refractivity contribution >= 4 is 29.1 Å². The summed E-state index contributed by atoms with van der Waals surface area (Å²) in [6.45, 7) is 2.56. The zero-order chi connectivity index (χ0) is 23.1. The van der Waals surface area contributed by atoms with Crippen molar-refractivity contribution in [1.29, 1.82) is 0 Å². The van der Waals surface area contributed by atoms with Crippen molar-refractivity contribution < 1.29 is 29.3 Å². The third-order valence-electron chi connectivity index (χ3n) is 5.33. The molecular formula is C23H29ClN3O5+. The molecule has 3 N–H and O–H groups in total. The number of ether oxygens (including phenoxy) is 3. The Morgan fingerprint density at radius 3 is 2.75 bits per heavy atom. The number of rotatable bonds is 8. The highest BCUT2D eigenvalue weighted by atomic mass is 35.5. The number of carbonyl (C=O) groups is 1. The molecule has 1 saturated heterocycles. The van der Waals surface area contributed by atoms with Crippen LogP contribution in [0.3, 0.4) is 0 Å². The Morgan fingerprint density at radius 2 is 2.09 bits per heavy atom. The summed E-state index contributed by atoms with van der Waals surface area (Å²) >= 11 is 6.39. The topological polar surface area (TPSA) is 95.0 Å². The van der Waals surface area contributed by atoms with Gasteiger partial charge in [0.15, 0.2) is 11.5 Å². The number of methoxy groups -OCH3 is 2. The van der Waals surface area contributed by atoms with Crippen molar-refractivity contribution in [1.82, 2.24) is 5.32 Å². The minimum Gasteiger partial charge on any atom is -0.493 e. The van der Waals surface area contributed by atoms with Crippen LogP contribution in [0.1, 0.15) is 25.3 Å². The summed E-state index contributed by atoms with van der Waals surface area (Å²) < 4.78 is 17.0. The lowest BCUT2D eigenvalue weighted by atomic mass is 10.0. The molecule has 0 spiro atoms. The first kappa shape index (κ1) is 23.8. The smallest absolute Gasteiger partial charge is 0.220 e. The lowest BCUT2D eigenvalue weighted by Gasteiger charge is -2.24. The van der Waals surface area contributed by atoms with E-state index in [4.69, 9.17) is 35.6 Å². The minimum atomic E-state index is -0.182. The van der Waals surface area contributed by atoms with Gasteiger partial charge in [-0.25, -0.2) is 9.83 Å². The standard InChI is InChI=1S/C23H28ClN3O5/c1-14(17-12-21(28)25-13-17)32-23-15(6-5-9-26-31-4)7-8-19(27-23)16-10-18(24)22(30-3)20(11-16)29-2/h5-6,8-11,14,17,26H,7,12-13H2,1-4H3,(H,25,28)/p+1/b9-5-,15-6+/t14-,17-/m1/s1. The summed E-state index contributed by atoms with van der Waals surface area (Å²) in [5.74, 6) is 1.65. The van der Waals surface area contributed by atoms with Gasteiger partial charge in [0, 0.05) is 30.0 Å². The van der Waals surface area contributed by atoms with E-state index in [0.29, 0.717) is 41.8 Å². The second-order valence-electron chi connectivity index (χ2n) is 7.44. The number of carbonyl (C=O) groups excluding carboxylic acids is 1. The molecule has 9 heteroatoms. The van der Waals surface area contributed by atoms with Gasteiger partial charge in [0.1, 0.15) is 12.3 Å². The van der Waals surface area contributed by atoms with E-state index in [0.717, 1.165) is 16.8 Å². The van der Waals surface area contributed by atoms with Crippen molar-refractivity contribution in [2.75, 3.05) is 27.9 Å². The molecule has 0 saturated carbocycles. The SMILES string of the molecule is CO[NH2+]/C=C\C=C1/CC=C(c2cc(Cl)c(OC)c(OC)c2)N=C1O[C@H](C)[C@H]1CNC(=O)C1. The van der Waals surface area contributed by atoms with Crippen LogP contribution in [0.2, 0.25) is 5.02 Å². The molecule has 3 rings (SSSR count). The molecule has 0 radical (unpaired) electrons. The third-order valence-corrected chi connectivity index (χ3v) is 5.62. The Bertz CT molecular complexity index is 971. The molecule has 0 unspecified atom stereocenters. The molecule has 1 fully saturated rings. The summed E-state index contributed by atoms with van der Waals surface area (Å²) in [4.78, 5) is 21.3. The quantitative estimate of drug-likeness (QED) is 0.579. The van der Waals surface area contributed by atoms with Crippen LogP contribution in [-0.2, 0) is 14.4 Å². The largest absolute Gasteiger partial charge is 0.493 e. The number of hydroxylamine groups is 1. The van der Waals surface area contributed by atoms with Crippen LogP contribution in [0, 0.1) is 5.92 Å². The van der Waals surface area contributed by atoms with Gasteiger partial charge in [-0.2, -0.15) is 5.48 Å². The molecular weight excluding hydrogens is 434 g/mol. The molecule has 0 aliphatic carbocycles. The van der Waals surface area contributed by atoms with Gasteiger partial charge in [-0.3, -0.25) is 4.79 Å². The Morgan fingerprint density at radius 1 is 1.28 bits per heavy atom. The summed E-state index contributed by atoms with van der Waals surface area (Å²) in [6, 6.07) is 3.63. The first-order valence-electron chi connectivity index (χ1n) is 10.3. The van der Waals surface area contributed by atoms with Crippen LogP contribution < -0.4 is 20.3 Å². The van der Waals surface area contributed by atoms with Gasteiger partial charge >= 0.3 is 0 Å². The van der Waals surface area contributed by atoms with Crippen LogP contribution in [0.5, 0.6) is 11.5 Å². The predicted octanol–water partition coefficient (Wildman–Crippen LogP) is 2.61. The third kappa shape index (κ3) is 5.70. The first-order chi connectivity index (χ1) is 15.5. The first-order valence-corrected chi connectivity index (χ1v) is 10.7. The molecule has 2 atom stereocenters. The Hall–Kier alpha value is -2.81. The van der Waals surface area contributed by atoms with Gasteiger partial charge in [-0.15, -0.1) is 0 Å². The Labute approximate surface area is 192 Å². The number of hydrogen-bond acceptors (Lipinski definition) is 6. The van der Waals surface area contributed by atoms with E-state index in [2.05, 4.69) is 5.32 Å². The average Bonchev–Trinajstić information content (AvgIpc) is 3.23. The number of nitrogens with one attached hydrogen (secondary N) is 1. The summed E-state index contributed by atoms with van der Waals surface area (Å²) in [5, 5.41) is 3.29. The molecule has 8 nitrogen and oxygen atoms in total. The van der Waals surface area contributed by atoms with E-state index in [1.807, 2.05) is 31.2 Å². The van der Waals surface area contributed by atoms with E-state index in [1.165, 1.54) is 0 Å². The molecule has 0 bridgehead atoms. The maximum Gasteiger partial charge on any atom is 0.220 e. The second kappa shape index (κ2) is 11.2. The molecule has 32 heavy (non-hydrogen) atoms. The van der Waals surface area contributed by atoms with Gasteiger partial charge in [-0.1, -0.05) is 17.7 Å². The summed E-state index contributed by atoms with van der Waals surface area (Å²) in [7, 11) is 4.70. The fourth-order valence-corrected chi connectivity index (χ4v) is 3.83. The lowest BCUT2D eigenvalue weighted by molar-refractivity contribution is -0.842. The maximum atomic E-state index is 11.6. The fourth-order valence-electron chi connectivity index (χ4n) is 3.54. The lowest BCUT2D eigenvalue weighted by Crippen LogP contribution is -2.75. The van der Waals surface area contributed by atoms with Gasteiger partial charge < -0.3 is 19.5 Å². The van der Waals surface area contributed by atoms with Gasteiger partial charge in [0.2, 0.25) is 11.8 Å². The predicted molar refractivity (Wildman–Crippen MR) is 122 cm³/mol. The van der Waals surface area contributed by atoms with Gasteiger partial charge in [0.25, 0.3) is 0 Å². The van der Waals surface area contributed by atoms with Crippen molar-refractivity contribution in [3.05, 3.63) is 52.7 Å². The number of nitrogens with two attached hydrogens (primary N) is 1. The number of amides is 1. The highest BCUT2D eigenvalue weighted by Gasteiger charge is 2.30. The van der Waals surface area contributed by atoms with Crippen molar-refractivity contribution in [2.24, 2.45) is 10.9 Å². The average molecular weight is 463 g/mol. The highest BCUT2D eigenvalue weighted by Crippen LogP contribution is 2.39. The van der Waals surface area contributed by atoms with Gasteiger partial charge in [-0.05, 0) is 37.6 Å². The van der Waals surface area contributed by atoms with Crippen LogP contribution in [-0.4, -0.2) is 45.8 Å². The van der Waals surface area contributed by atoms with E-state index >= 15 is 0 Å². The zero-order valence-electron chi connectivity index (χ0n) is 18.7. The highest BCUT2D eigenvalue weighted by molar-refractivity contribution is 6.32. The Kier molecular flexibility index (Phi) is 8.33. The number of benzene rings is 1. The number of quaternary nitrogens is 1. The number of nitrogens with zero attached hydrogens (tertiary/aromatic N) is 1. The van der Waals surface area contributed by atoms with E-state index in [1.54, 1.807) is 39.1 Å². The number of halogens is 1. The van der Waals surface area contributed by atoms with Crippen LogP contribution in [0.15, 0.2) is 47.1 Å². The molecule has 0 aromatic heterocycles. The summed E-state index contributed by atoms with van der Waals surface area (Å²) in [6.07, 6.45) is 8.49. The number of aliphatic imine (C=N–C) groups is 1. The Balaban J connectivity index is 1.91. The van der Waals surface area contributed by atoms with Crippen LogP contribution >= 0.6 is 11.6 Å². The van der Waals surface area contributed by atoms with Crippen molar-refractivity contribution in [3.63, 3.8) is 0 Å². The fraction of sp³-hybridized carbons (Fsp3) is 0.391. The molecule has 1 amide bonds. The normalized spacial score (nSPS) is 20.7. The van der Waals surface area contributed by atoms with E-state index in [-0.39, 0.29) is 17.9 Å². The molecule has 2 heterocycles. The van der Waals surface area contributed by atoms with Crippen LogP contribution in [0.4, 0.5) is 0 Å². The molecule has 2 aliphatic heterocycles. The van der Waals surface area contributed by atoms with E-state index in [9.17, 15) is 4.79 Å². The second-order valence-corrected chi connectivity index (χ2v) is 7.85. The van der Waals surface area contributed by atoms with Crippen LogP contribution in [0.25, 0.3) is 5.70 Å². The van der Waals surface area contributed by atoms with Gasteiger partial charge in [0.05, 0.1) is 32.0 Å². The monoisotopic (exact) mass is 462 g/mol. The molecule has 172 valence electrons. The zero-order valence-corrected chi connectivity index (χ0v) is 19.4. The number of hydrogen-bond donors (Lipinski definition) is 2. The van der Waals surface area contributed by atoms with Crippen molar-refractivity contribution in [3.8, 4) is 11.5 Å². The van der Waals surface area contributed by atoms with Crippen molar-refractivity contribution in [2.45, 2.75) is 25.9 Å².